The number of aliphatic imine (C=N–C) groups is 1. The summed E-state index contributed by atoms with van der Waals surface area (Å²) in [6.07, 6.45) is 8.98. The fourth-order valence-electron chi connectivity index (χ4n) is 3.41. The molecule has 0 saturated carbocycles. The van der Waals surface area contributed by atoms with Gasteiger partial charge in [0.2, 0.25) is 6.41 Å². The van der Waals surface area contributed by atoms with Crippen LogP contribution in [0, 0.1) is 0 Å². The number of anilines is 1. The lowest BCUT2D eigenvalue weighted by molar-refractivity contribution is -0.117. The van der Waals surface area contributed by atoms with Gasteiger partial charge in [0, 0.05) is 32.4 Å². The van der Waals surface area contributed by atoms with E-state index in [-0.39, 0.29) is 5.88 Å². The number of halogens is 1. The molecule has 0 fully saturated rings. The normalized spacial score (nSPS) is 11.3. The van der Waals surface area contributed by atoms with Crippen LogP contribution < -0.4 is 10.1 Å². The Hall–Kier alpha value is -3.33. The van der Waals surface area contributed by atoms with Crippen LogP contribution in [0.1, 0.15) is 44.6 Å². The second-order valence-electron chi connectivity index (χ2n) is 7.98. The zero-order valence-electron chi connectivity index (χ0n) is 19.6. The Morgan fingerprint density at radius 2 is 2.12 bits per heavy atom. The summed E-state index contributed by atoms with van der Waals surface area (Å²) in [6.45, 7) is 4.00. The second kappa shape index (κ2) is 12.8. The van der Waals surface area contributed by atoms with Crippen molar-refractivity contribution in [2.24, 2.45) is 4.99 Å². The average molecular weight is 487 g/mol. The fraction of sp³-hybridized carbons (Fsp3) is 0.417. The van der Waals surface area contributed by atoms with E-state index in [0.717, 1.165) is 25.7 Å². The van der Waals surface area contributed by atoms with Gasteiger partial charge in [-0.25, -0.2) is 9.97 Å². The van der Waals surface area contributed by atoms with E-state index in [9.17, 15) is 9.90 Å². The van der Waals surface area contributed by atoms with E-state index in [4.69, 9.17) is 16.3 Å². The second-order valence-corrected chi connectivity index (χ2v) is 8.39. The Balaban J connectivity index is 1.75. The van der Waals surface area contributed by atoms with Crippen molar-refractivity contribution in [2.75, 3.05) is 32.1 Å². The number of unbranched alkanes of at least 4 members (excludes halogenated alkanes) is 3. The van der Waals surface area contributed by atoms with Crippen LogP contribution in [0.3, 0.4) is 0 Å². The van der Waals surface area contributed by atoms with E-state index in [1.54, 1.807) is 36.4 Å². The predicted octanol–water partition coefficient (Wildman–Crippen LogP) is 4.92. The number of benzene rings is 1. The topological polar surface area (TPSA) is 116 Å². The minimum absolute atomic E-state index is 0.0515. The zero-order valence-corrected chi connectivity index (χ0v) is 20.3. The summed E-state index contributed by atoms with van der Waals surface area (Å²) in [5.41, 5.74) is 1.61. The number of amides is 1. The molecule has 1 amide bonds. The van der Waals surface area contributed by atoms with Crippen molar-refractivity contribution < 1.29 is 14.6 Å². The molecule has 2 aromatic heterocycles. The van der Waals surface area contributed by atoms with Gasteiger partial charge >= 0.3 is 0 Å². The molecule has 0 aliphatic carbocycles. The molecule has 3 aromatic rings. The van der Waals surface area contributed by atoms with Crippen molar-refractivity contribution in [1.82, 2.24) is 19.9 Å². The lowest BCUT2D eigenvalue weighted by Gasteiger charge is -2.11. The van der Waals surface area contributed by atoms with Crippen molar-refractivity contribution >= 4 is 46.8 Å². The molecule has 0 radical (unpaired) electrons. The summed E-state index contributed by atoms with van der Waals surface area (Å²) >= 11 is 6.28. The molecule has 10 heteroatoms. The highest BCUT2D eigenvalue weighted by molar-refractivity contribution is 6.32. The molecule has 0 unspecified atom stereocenters. The van der Waals surface area contributed by atoms with Gasteiger partial charge in [0.25, 0.3) is 0 Å². The molecule has 3 rings (SSSR count). The van der Waals surface area contributed by atoms with Gasteiger partial charge in [-0.15, -0.1) is 0 Å². The first-order valence-corrected chi connectivity index (χ1v) is 11.8. The van der Waals surface area contributed by atoms with Gasteiger partial charge in [0.1, 0.15) is 23.5 Å². The minimum atomic E-state index is -0.0515. The first kappa shape index (κ1) is 25.3. The van der Waals surface area contributed by atoms with Crippen molar-refractivity contribution in [2.45, 2.75) is 39.0 Å². The molecule has 2 heterocycles. The van der Waals surface area contributed by atoms with Crippen molar-refractivity contribution in [3.8, 4) is 11.6 Å². The first-order chi connectivity index (χ1) is 16.5. The Morgan fingerprint density at radius 3 is 2.91 bits per heavy atom. The van der Waals surface area contributed by atoms with Gasteiger partial charge in [-0.2, -0.15) is 0 Å². The Morgan fingerprint density at radius 1 is 1.26 bits per heavy atom. The summed E-state index contributed by atoms with van der Waals surface area (Å²) in [6, 6.07) is 5.31. The van der Waals surface area contributed by atoms with E-state index in [0.29, 0.717) is 58.6 Å². The van der Waals surface area contributed by atoms with Gasteiger partial charge in [-0.3, -0.25) is 9.79 Å². The number of H-pyrrole nitrogens is 1. The third-order valence-electron chi connectivity index (χ3n) is 5.28. The standard InChI is InChI=1S/C24H31ClN6O3/c1-3-4-5-6-12-34-20-13-17(8-9-19(20)25)27-14-18-21-22(26-10-7-11-31(2)16-32)28-15-29-23(21)30-24(18)33/h8-9,13-16,33H,3-7,10-12H2,1-2H3,(H2,26,28,29,30). The molecule has 0 aliphatic heterocycles. The predicted molar refractivity (Wildman–Crippen MR) is 136 cm³/mol. The monoisotopic (exact) mass is 486 g/mol. The summed E-state index contributed by atoms with van der Waals surface area (Å²) in [5, 5.41) is 14.9. The lowest BCUT2D eigenvalue weighted by atomic mass is 10.2. The quantitative estimate of drug-likeness (QED) is 0.169. The van der Waals surface area contributed by atoms with Gasteiger partial charge in [-0.05, 0) is 25.0 Å². The summed E-state index contributed by atoms with van der Waals surface area (Å²) in [7, 11) is 1.73. The van der Waals surface area contributed by atoms with Crippen LogP contribution in [0.25, 0.3) is 11.0 Å². The van der Waals surface area contributed by atoms with Gasteiger partial charge in [0.15, 0.2) is 5.88 Å². The van der Waals surface area contributed by atoms with E-state index >= 15 is 0 Å². The van der Waals surface area contributed by atoms with Gasteiger partial charge < -0.3 is 25.0 Å². The number of fused-ring (bicyclic) bond motifs is 1. The zero-order chi connectivity index (χ0) is 24.3. The molecule has 182 valence electrons. The average Bonchev–Trinajstić information content (AvgIpc) is 3.17. The molecule has 0 bridgehead atoms. The minimum Gasteiger partial charge on any atom is -0.494 e. The summed E-state index contributed by atoms with van der Waals surface area (Å²) < 4.78 is 5.84. The number of carbonyl (C=O) groups excluding carboxylic acids is 1. The molecule has 0 saturated heterocycles. The molecule has 3 N–H and O–H groups in total. The van der Waals surface area contributed by atoms with E-state index in [1.165, 1.54) is 19.2 Å². The van der Waals surface area contributed by atoms with Crippen molar-refractivity contribution in [3.05, 3.63) is 35.1 Å². The van der Waals surface area contributed by atoms with Crippen LogP contribution in [-0.4, -0.2) is 64.3 Å². The van der Waals surface area contributed by atoms with Crippen LogP contribution in [-0.2, 0) is 4.79 Å². The first-order valence-electron chi connectivity index (χ1n) is 11.4. The van der Waals surface area contributed by atoms with Gasteiger partial charge in [0.05, 0.1) is 28.3 Å². The third kappa shape index (κ3) is 6.84. The molecular formula is C24H31ClN6O3. The molecule has 0 aliphatic rings. The molecule has 34 heavy (non-hydrogen) atoms. The maximum Gasteiger partial charge on any atom is 0.209 e. The lowest BCUT2D eigenvalue weighted by Crippen LogP contribution is -2.19. The van der Waals surface area contributed by atoms with Crippen LogP contribution >= 0.6 is 11.6 Å². The largest absolute Gasteiger partial charge is 0.494 e. The number of aromatic hydroxyl groups is 1. The Labute approximate surface area is 204 Å². The van der Waals surface area contributed by atoms with Crippen molar-refractivity contribution in [3.63, 3.8) is 0 Å². The maximum atomic E-state index is 10.7. The van der Waals surface area contributed by atoms with Gasteiger partial charge in [-0.1, -0.05) is 37.8 Å². The number of aromatic nitrogens is 3. The molecule has 0 spiro atoms. The summed E-state index contributed by atoms with van der Waals surface area (Å²) in [5.74, 6) is 1.11. The highest BCUT2D eigenvalue weighted by Gasteiger charge is 2.15. The highest BCUT2D eigenvalue weighted by Crippen LogP contribution is 2.32. The van der Waals surface area contributed by atoms with E-state index < -0.39 is 0 Å². The van der Waals surface area contributed by atoms with Crippen molar-refractivity contribution in [1.29, 1.82) is 0 Å². The fourth-order valence-corrected chi connectivity index (χ4v) is 3.59. The number of hydrogen-bond acceptors (Lipinski definition) is 7. The van der Waals surface area contributed by atoms with E-state index in [1.807, 2.05) is 0 Å². The van der Waals surface area contributed by atoms with Crippen LogP contribution in [0.15, 0.2) is 29.5 Å². The molecule has 9 nitrogen and oxygen atoms in total. The SMILES string of the molecule is CCCCCCOc1cc(N=Cc2c(O)[nH]c3ncnc(NCCCN(C)C=O)c23)ccc1Cl. The number of nitrogens with zero attached hydrogens (tertiary/aromatic N) is 4. The third-order valence-corrected chi connectivity index (χ3v) is 5.59. The number of hydrogen-bond donors (Lipinski definition) is 3. The molecular weight excluding hydrogens is 456 g/mol. The van der Waals surface area contributed by atoms with Crippen LogP contribution in [0.5, 0.6) is 11.6 Å². The van der Waals surface area contributed by atoms with Crippen LogP contribution in [0.2, 0.25) is 5.02 Å². The Kier molecular flexibility index (Phi) is 9.51. The summed E-state index contributed by atoms with van der Waals surface area (Å²) in [4.78, 5) is 28.2. The number of nitrogens with one attached hydrogen (secondary N) is 2. The highest BCUT2D eigenvalue weighted by atomic mass is 35.5. The van der Waals surface area contributed by atoms with Crippen LogP contribution in [0.4, 0.5) is 11.5 Å². The smallest absolute Gasteiger partial charge is 0.209 e. The number of carbonyl (C=O) groups is 1. The Bertz CT molecular complexity index is 1120. The maximum absolute atomic E-state index is 10.7. The van der Waals surface area contributed by atoms with E-state index in [2.05, 4.69) is 32.2 Å². The number of ether oxygens (including phenoxy) is 1. The number of aromatic amines is 1. The molecule has 1 aromatic carbocycles. The number of rotatable bonds is 14. The molecule has 0 atom stereocenters.